The van der Waals surface area contributed by atoms with Crippen molar-refractivity contribution in [2.24, 2.45) is 5.73 Å². The van der Waals surface area contributed by atoms with Crippen molar-refractivity contribution in [2.75, 3.05) is 5.32 Å². The zero-order valence-corrected chi connectivity index (χ0v) is 9.70. The van der Waals surface area contributed by atoms with Crippen molar-refractivity contribution >= 4 is 17.2 Å². The predicted molar refractivity (Wildman–Crippen MR) is 71.9 cm³/mol. The first-order valence-electron chi connectivity index (χ1n) is 5.44. The highest BCUT2D eigenvalue weighted by molar-refractivity contribution is 5.95. The van der Waals surface area contributed by atoms with Crippen LogP contribution in [0.4, 0.5) is 11.4 Å². The summed E-state index contributed by atoms with van der Waals surface area (Å²) >= 11 is 0. The number of hydrogen-bond acceptors (Lipinski definition) is 2. The van der Waals surface area contributed by atoms with E-state index >= 15 is 0 Å². The van der Waals surface area contributed by atoms with Crippen LogP contribution in [-0.2, 0) is 0 Å². The number of anilines is 2. The summed E-state index contributed by atoms with van der Waals surface area (Å²) in [5, 5.41) is 10.7. The van der Waals surface area contributed by atoms with Gasteiger partial charge in [-0.2, -0.15) is 0 Å². The number of nitrogens with one attached hydrogen (secondary N) is 2. The molecule has 0 radical (unpaired) electrons. The zero-order chi connectivity index (χ0) is 12.3. The number of nitrogen functional groups attached to an aromatic ring is 1. The lowest BCUT2D eigenvalue weighted by Gasteiger charge is -2.10. The number of para-hydroxylation sites is 1. The molecule has 0 heterocycles. The van der Waals surface area contributed by atoms with Crippen LogP contribution in [-0.4, -0.2) is 5.84 Å². The molecule has 2 aromatic carbocycles. The first kappa shape index (κ1) is 11.2. The molecular formula is C14H15N3. The van der Waals surface area contributed by atoms with Crippen molar-refractivity contribution < 1.29 is 0 Å². The topological polar surface area (TPSA) is 61.9 Å². The molecule has 4 N–H and O–H groups in total. The Balaban J connectivity index is 2.28. The summed E-state index contributed by atoms with van der Waals surface area (Å²) in [4.78, 5) is 0. The van der Waals surface area contributed by atoms with Crippen molar-refractivity contribution in [3.05, 3.63) is 59.7 Å². The van der Waals surface area contributed by atoms with E-state index in [4.69, 9.17) is 11.1 Å². The van der Waals surface area contributed by atoms with E-state index in [1.807, 2.05) is 42.5 Å². The molecule has 2 rings (SSSR count). The lowest BCUT2D eigenvalue weighted by Crippen LogP contribution is -2.10. The quantitative estimate of drug-likeness (QED) is 0.555. The van der Waals surface area contributed by atoms with Crippen LogP contribution in [0.5, 0.6) is 0 Å². The summed E-state index contributed by atoms with van der Waals surface area (Å²) in [6.45, 7) is 2.05. The lowest BCUT2D eigenvalue weighted by molar-refractivity contribution is 1.41. The predicted octanol–water partition coefficient (Wildman–Crippen LogP) is 3.02. The minimum atomic E-state index is 0.0819. The van der Waals surface area contributed by atoms with E-state index in [1.54, 1.807) is 0 Å². The standard InChI is InChI=1S/C14H15N3/c1-10-5-2-3-8-13(10)17-12-7-4-6-11(9-12)14(15)16/h2-9,17H,1H3,(H3,15,16). The Hall–Kier alpha value is -2.29. The lowest BCUT2D eigenvalue weighted by atomic mass is 10.1. The monoisotopic (exact) mass is 225 g/mol. The van der Waals surface area contributed by atoms with E-state index in [1.165, 1.54) is 5.56 Å². The largest absolute Gasteiger partial charge is 0.384 e. The van der Waals surface area contributed by atoms with Gasteiger partial charge in [0.1, 0.15) is 5.84 Å². The summed E-state index contributed by atoms with van der Waals surface area (Å²) in [5.41, 5.74) is 9.37. The molecule has 0 aliphatic carbocycles. The van der Waals surface area contributed by atoms with Gasteiger partial charge in [0, 0.05) is 16.9 Å². The summed E-state index contributed by atoms with van der Waals surface area (Å²) in [5.74, 6) is 0.0819. The van der Waals surface area contributed by atoms with Crippen LogP contribution >= 0.6 is 0 Å². The average molecular weight is 225 g/mol. The number of aryl methyl sites for hydroxylation is 1. The molecule has 0 atom stereocenters. The molecule has 86 valence electrons. The van der Waals surface area contributed by atoms with Gasteiger partial charge in [-0.1, -0.05) is 30.3 Å². The third kappa shape index (κ3) is 2.64. The summed E-state index contributed by atoms with van der Waals surface area (Å²) in [6, 6.07) is 15.6. The van der Waals surface area contributed by atoms with Gasteiger partial charge in [0.2, 0.25) is 0 Å². The second-order valence-electron chi connectivity index (χ2n) is 3.93. The molecule has 0 aromatic heterocycles. The molecule has 0 unspecified atom stereocenters. The highest BCUT2D eigenvalue weighted by Crippen LogP contribution is 2.20. The van der Waals surface area contributed by atoms with Crippen molar-refractivity contribution in [3.8, 4) is 0 Å². The molecule has 0 aliphatic rings. The van der Waals surface area contributed by atoms with E-state index in [-0.39, 0.29) is 5.84 Å². The Kier molecular flexibility index (Phi) is 3.10. The van der Waals surface area contributed by atoms with Gasteiger partial charge in [0.15, 0.2) is 0 Å². The van der Waals surface area contributed by atoms with E-state index in [2.05, 4.69) is 18.3 Å². The van der Waals surface area contributed by atoms with Crippen LogP contribution < -0.4 is 11.1 Å². The minimum Gasteiger partial charge on any atom is -0.384 e. The highest BCUT2D eigenvalue weighted by atomic mass is 14.9. The fourth-order valence-electron chi connectivity index (χ4n) is 1.63. The van der Waals surface area contributed by atoms with Crippen LogP contribution in [0, 0.1) is 12.3 Å². The number of nitrogens with two attached hydrogens (primary N) is 1. The molecule has 0 saturated carbocycles. The zero-order valence-electron chi connectivity index (χ0n) is 9.70. The molecule has 0 amide bonds. The third-order valence-electron chi connectivity index (χ3n) is 2.60. The van der Waals surface area contributed by atoms with Crippen LogP contribution in [0.25, 0.3) is 0 Å². The van der Waals surface area contributed by atoms with E-state index < -0.39 is 0 Å². The molecule has 0 saturated heterocycles. The van der Waals surface area contributed by atoms with E-state index in [9.17, 15) is 0 Å². The normalized spacial score (nSPS) is 9.94. The molecule has 17 heavy (non-hydrogen) atoms. The minimum absolute atomic E-state index is 0.0819. The highest BCUT2D eigenvalue weighted by Gasteiger charge is 2.00. The molecule has 0 spiro atoms. The van der Waals surface area contributed by atoms with E-state index in [0.29, 0.717) is 0 Å². The van der Waals surface area contributed by atoms with Crippen molar-refractivity contribution in [1.29, 1.82) is 5.41 Å². The van der Waals surface area contributed by atoms with Gasteiger partial charge >= 0.3 is 0 Å². The third-order valence-corrected chi connectivity index (χ3v) is 2.60. The van der Waals surface area contributed by atoms with Crippen LogP contribution in [0.3, 0.4) is 0 Å². The van der Waals surface area contributed by atoms with Gasteiger partial charge in [-0.3, -0.25) is 5.41 Å². The maximum absolute atomic E-state index is 7.40. The summed E-state index contributed by atoms with van der Waals surface area (Å²) in [6.07, 6.45) is 0. The Bertz CT molecular complexity index is 547. The number of benzene rings is 2. The Morgan fingerprint density at radius 2 is 1.88 bits per heavy atom. The maximum atomic E-state index is 7.40. The molecule has 0 aliphatic heterocycles. The Labute approximate surface area is 101 Å². The first-order valence-corrected chi connectivity index (χ1v) is 5.44. The van der Waals surface area contributed by atoms with Gasteiger partial charge in [-0.05, 0) is 30.7 Å². The summed E-state index contributed by atoms with van der Waals surface area (Å²) in [7, 11) is 0. The van der Waals surface area contributed by atoms with Crippen LogP contribution in [0.1, 0.15) is 11.1 Å². The first-order chi connectivity index (χ1) is 8.16. The molecule has 3 heteroatoms. The maximum Gasteiger partial charge on any atom is 0.122 e. The van der Waals surface area contributed by atoms with Gasteiger partial charge in [0.05, 0.1) is 0 Å². The van der Waals surface area contributed by atoms with Crippen LogP contribution in [0.15, 0.2) is 48.5 Å². The molecule has 2 aromatic rings. The second kappa shape index (κ2) is 4.70. The number of hydrogen-bond donors (Lipinski definition) is 3. The molecule has 0 fully saturated rings. The van der Waals surface area contributed by atoms with Gasteiger partial charge in [-0.25, -0.2) is 0 Å². The SMILES string of the molecule is Cc1ccccc1Nc1cccc(C(=N)N)c1. The van der Waals surface area contributed by atoms with Gasteiger partial charge < -0.3 is 11.1 Å². The van der Waals surface area contributed by atoms with Crippen molar-refractivity contribution in [2.45, 2.75) is 6.92 Å². The summed E-state index contributed by atoms with van der Waals surface area (Å²) < 4.78 is 0. The second-order valence-corrected chi connectivity index (χ2v) is 3.93. The number of amidine groups is 1. The van der Waals surface area contributed by atoms with Crippen molar-refractivity contribution in [1.82, 2.24) is 0 Å². The fraction of sp³-hybridized carbons (Fsp3) is 0.0714. The Morgan fingerprint density at radius 1 is 1.12 bits per heavy atom. The average Bonchev–Trinajstić information content (AvgIpc) is 2.32. The van der Waals surface area contributed by atoms with E-state index in [0.717, 1.165) is 16.9 Å². The number of rotatable bonds is 3. The molecule has 3 nitrogen and oxygen atoms in total. The van der Waals surface area contributed by atoms with Gasteiger partial charge in [0.25, 0.3) is 0 Å². The van der Waals surface area contributed by atoms with Gasteiger partial charge in [-0.15, -0.1) is 0 Å². The smallest absolute Gasteiger partial charge is 0.122 e. The molecule has 0 bridgehead atoms. The molecular weight excluding hydrogens is 210 g/mol. The fourth-order valence-corrected chi connectivity index (χ4v) is 1.63. The van der Waals surface area contributed by atoms with Crippen LogP contribution in [0.2, 0.25) is 0 Å². The Morgan fingerprint density at radius 3 is 2.59 bits per heavy atom. The van der Waals surface area contributed by atoms with Crippen molar-refractivity contribution in [3.63, 3.8) is 0 Å².